The molecule has 0 bridgehead atoms. The Morgan fingerprint density at radius 3 is 2.42 bits per heavy atom. The Morgan fingerprint density at radius 2 is 1.85 bits per heavy atom. The number of hydrogen-bond acceptors (Lipinski definition) is 4. The van der Waals surface area contributed by atoms with Crippen LogP contribution < -0.4 is 10.6 Å². The van der Waals surface area contributed by atoms with E-state index in [0.29, 0.717) is 5.69 Å². The van der Waals surface area contributed by atoms with Crippen LogP contribution in [0.2, 0.25) is 0 Å². The smallest absolute Gasteiger partial charge is 0.247 e. The van der Waals surface area contributed by atoms with Crippen LogP contribution in [0.4, 0.5) is 5.69 Å². The molecule has 3 N–H and O–H groups in total. The van der Waals surface area contributed by atoms with Gasteiger partial charge in [0, 0.05) is 18.7 Å². The van der Waals surface area contributed by atoms with Gasteiger partial charge in [-0.1, -0.05) is 45.1 Å². The molecule has 0 unspecified atom stereocenters. The first kappa shape index (κ1) is 25.0. The number of allylic oxidation sites excluding steroid dienone is 1. The summed E-state index contributed by atoms with van der Waals surface area (Å²) in [6.07, 6.45) is 4.65. The topological polar surface area (TPSA) is 98.7 Å². The number of nitrogens with zero attached hydrogens (tertiary/aromatic N) is 1. The molecule has 180 valence electrons. The Kier molecular flexibility index (Phi) is 7.62. The Balaban J connectivity index is 2.08. The van der Waals surface area contributed by atoms with E-state index in [1.807, 2.05) is 65.0 Å². The quantitative estimate of drug-likeness (QED) is 0.551. The van der Waals surface area contributed by atoms with Gasteiger partial charge in [0.25, 0.3) is 0 Å². The van der Waals surface area contributed by atoms with Gasteiger partial charge in [0.05, 0.1) is 24.5 Å². The number of aliphatic hydroxyl groups is 1. The summed E-state index contributed by atoms with van der Waals surface area (Å²) < 4.78 is 0. The molecule has 7 heteroatoms. The summed E-state index contributed by atoms with van der Waals surface area (Å²) in [7, 11) is 1.58. The highest BCUT2D eigenvalue weighted by molar-refractivity contribution is 6.02. The number of likely N-dealkylation sites (tertiary alicyclic amines) is 1. The van der Waals surface area contributed by atoms with Crippen molar-refractivity contribution >= 4 is 23.4 Å². The van der Waals surface area contributed by atoms with E-state index < -0.39 is 29.8 Å². The number of rotatable bonds is 7. The van der Waals surface area contributed by atoms with E-state index in [1.54, 1.807) is 11.9 Å². The maximum absolute atomic E-state index is 13.8. The summed E-state index contributed by atoms with van der Waals surface area (Å²) in [6, 6.07) is 4.52. The molecule has 1 aliphatic carbocycles. The zero-order chi connectivity index (χ0) is 24.4. The first-order valence-electron chi connectivity index (χ1n) is 11.9. The zero-order valence-corrected chi connectivity index (χ0v) is 20.5. The fourth-order valence-corrected chi connectivity index (χ4v) is 5.41. The summed E-state index contributed by atoms with van der Waals surface area (Å²) >= 11 is 0. The molecule has 0 aromatic heterocycles. The lowest BCUT2D eigenvalue weighted by Gasteiger charge is -2.35. The minimum Gasteiger partial charge on any atom is -0.394 e. The molecule has 1 aromatic carbocycles. The van der Waals surface area contributed by atoms with Gasteiger partial charge in [-0.2, -0.15) is 0 Å². The number of anilines is 1. The zero-order valence-electron chi connectivity index (χ0n) is 20.5. The average molecular weight is 456 g/mol. The summed E-state index contributed by atoms with van der Waals surface area (Å²) in [5.41, 5.74) is 2.65. The molecule has 1 heterocycles. The molecule has 2 aliphatic rings. The molecule has 7 nitrogen and oxygen atoms in total. The van der Waals surface area contributed by atoms with E-state index in [4.69, 9.17) is 0 Å². The second-order valence-corrected chi connectivity index (χ2v) is 9.69. The fourth-order valence-electron chi connectivity index (χ4n) is 5.41. The van der Waals surface area contributed by atoms with Crippen molar-refractivity contribution in [3.8, 4) is 0 Å². The van der Waals surface area contributed by atoms with Crippen LogP contribution in [-0.2, 0) is 14.4 Å². The van der Waals surface area contributed by atoms with Gasteiger partial charge in [-0.15, -0.1) is 0 Å². The minimum absolute atomic E-state index is 0.0560. The number of amides is 3. The molecule has 33 heavy (non-hydrogen) atoms. The SMILES string of the molecule is CC[C@@H]1C=C[C@H]2[C@H](C(=O)N([C@@H](CO)C(C)C)[C@@H]2C(=O)Nc2cc(C)ccc2C)[C@@H]1C(=O)NC. The molecule has 0 saturated carbocycles. The number of benzene rings is 1. The second kappa shape index (κ2) is 10.1. The van der Waals surface area contributed by atoms with Crippen LogP contribution in [0.15, 0.2) is 30.4 Å². The highest BCUT2D eigenvalue weighted by atomic mass is 16.3. The highest BCUT2D eigenvalue weighted by Gasteiger charge is 2.58. The van der Waals surface area contributed by atoms with Gasteiger partial charge in [-0.3, -0.25) is 14.4 Å². The van der Waals surface area contributed by atoms with Gasteiger partial charge in [-0.25, -0.2) is 0 Å². The number of aliphatic hydroxyl groups excluding tert-OH is 1. The van der Waals surface area contributed by atoms with Crippen LogP contribution in [-0.4, -0.2) is 53.5 Å². The van der Waals surface area contributed by atoms with E-state index in [1.165, 1.54) is 0 Å². The van der Waals surface area contributed by atoms with Crippen molar-refractivity contribution in [1.82, 2.24) is 10.2 Å². The summed E-state index contributed by atoms with van der Waals surface area (Å²) in [5.74, 6) is -2.47. The molecule has 1 aromatic rings. The van der Waals surface area contributed by atoms with Gasteiger partial charge in [-0.05, 0) is 49.3 Å². The van der Waals surface area contributed by atoms with Crippen LogP contribution in [0.5, 0.6) is 0 Å². The van der Waals surface area contributed by atoms with Crippen molar-refractivity contribution in [2.75, 3.05) is 19.0 Å². The van der Waals surface area contributed by atoms with Crippen LogP contribution >= 0.6 is 0 Å². The predicted molar refractivity (Wildman–Crippen MR) is 128 cm³/mol. The maximum Gasteiger partial charge on any atom is 0.247 e. The predicted octanol–water partition coefficient (Wildman–Crippen LogP) is 2.66. The van der Waals surface area contributed by atoms with Crippen molar-refractivity contribution in [3.05, 3.63) is 41.5 Å². The summed E-state index contributed by atoms with van der Waals surface area (Å²) in [6.45, 7) is 9.49. The average Bonchev–Trinajstić information content (AvgIpc) is 3.07. The van der Waals surface area contributed by atoms with Gasteiger partial charge in [0.1, 0.15) is 6.04 Å². The number of carbonyl (C=O) groups excluding carboxylic acids is 3. The summed E-state index contributed by atoms with van der Waals surface area (Å²) in [5, 5.41) is 15.9. The van der Waals surface area contributed by atoms with Crippen molar-refractivity contribution in [3.63, 3.8) is 0 Å². The van der Waals surface area contributed by atoms with Crippen molar-refractivity contribution < 1.29 is 19.5 Å². The van der Waals surface area contributed by atoms with Crippen LogP contribution in [0.1, 0.15) is 38.3 Å². The third-order valence-electron chi connectivity index (χ3n) is 7.30. The largest absolute Gasteiger partial charge is 0.394 e. The van der Waals surface area contributed by atoms with Crippen LogP contribution in [0.25, 0.3) is 0 Å². The lowest BCUT2D eigenvalue weighted by atomic mass is 9.69. The van der Waals surface area contributed by atoms with Crippen LogP contribution in [0.3, 0.4) is 0 Å². The lowest BCUT2D eigenvalue weighted by Crippen LogP contribution is -2.52. The van der Waals surface area contributed by atoms with Crippen molar-refractivity contribution in [1.29, 1.82) is 0 Å². The lowest BCUT2D eigenvalue weighted by molar-refractivity contribution is -0.143. The van der Waals surface area contributed by atoms with Gasteiger partial charge >= 0.3 is 0 Å². The number of nitrogens with one attached hydrogen (secondary N) is 2. The monoisotopic (exact) mass is 455 g/mol. The Hall–Kier alpha value is -2.67. The molecule has 3 rings (SSSR count). The van der Waals surface area contributed by atoms with Gasteiger partial charge in [0.15, 0.2) is 0 Å². The van der Waals surface area contributed by atoms with E-state index in [0.717, 1.165) is 17.5 Å². The molecule has 1 saturated heterocycles. The molecule has 3 amide bonds. The Bertz CT molecular complexity index is 941. The number of hydrogen-bond donors (Lipinski definition) is 3. The minimum atomic E-state index is -0.803. The van der Waals surface area contributed by atoms with E-state index in [9.17, 15) is 19.5 Å². The first-order valence-corrected chi connectivity index (χ1v) is 11.9. The number of carbonyl (C=O) groups is 3. The van der Waals surface area contributed by atoms with E-state index in [2.05, 4.69) is 10.6 Å². The molecule has 1 fully saturated rings. The molecule has 6 atom stereocenters. The van der Waals surface area contributed by atoms with Gasteiger partial charge in [0.2, 0.25) is 17.7 Å². The van der Waals surface area contributed by atoms with Crippen molar-refractivity contribution in [2.45, 2.75) is 53.1 Å². The molecule has 0 radical (unpaired) electrons. The number of fused-ring (bicyclic) bond motifs is 1. The standard InChI is InChI=1S/C26H37N3O4/c1-7-17-10-11-18-22(21(17)24(31)27-6)26(33)29(20(13-30)14(2)3)23(18)25(32)28-19-12-15(4)8-9-16(19)5/h8-12,14,17-18,20-23,30H,7,13H2,1-6H3,(H,27,31)(H,28,32)/t17-,18+,20+,21-,22+,23+/m1/s1. The molecular formula is C26H37N3O4. The molecular weight excluding hydrogens is 418 g/mol. The highest BCUT2D eigenvalue weighted by Crippen LogP contribution is 2.46. The number of aryl methyl sites for hydroxylation is 2. The van der Waals surface area contributed by atoms with E-state index in [-0.39, 0.29) is 36.2 Å². The normalized spacial score (nSPS) is 27.5. The third-order valence-corrected chi connectivity index (χ3v) is 7.30. The maximum atomic E-state index is 13.8. The molecule has 0 spiro atoms. The van der Waals surface area contributed by atoms with Crippen molar-refractivity contribution in [2.24, 2.45) is 29.6 Å². The van der Waals surface area contributed by atoms with Crippen LogP contribution in [0, 0.1) is 43.4 Å². The van der Waals surface area contributed by atoms with Gasteiger partial charge < -0.3 is 20.6 Å². The fraction of sp³-hybridized carbons (Fsp3) is 0.577. The Labute approximate surface area is 196 Å². The molecule has 1 aliphatic heterocycles. The second-order valence-electron chi connectivity index (χ2n) is 9.69. The third kappa shape index (κ3) is 4.56. The first-order chi connectivity index (χ1) is 15.7. The Morgan fingerprint density at radius 1 is 1.15 bits per heavy atom. The summed E-state index contributed by atoms with van der Waals surface area (Å²) in [4.78, 5) is 42.0. The van der Waals surface area contributed by atoms with E-state index >= 15 is 0 Å².